The van der Waals surface area contributed by atoms with Crippen LogP contribution in [0.4, 0.5) is 5.82 Å². The second-order valence-corrected chi connectivity index (χ2v) is 11.4. The predicted molar refractivity (Wildman–Crippen MR) is 146 cm³/mol. The molecule has 0 unspecified atom stereocenters. The molecule has 10 nitrogen and oxygen atoms in total. The van der Waals surface area contributed by atoms with Crippen LogP contribution in [0.1, 0.15) is 37.5 Å². The number of benzene rings is 2. The summed E-state index contributed by atoms with van der Waals surface area (Å²) < 4.78 is 42.0. The van der Waals surface area contributed by atoms with E-state index in [0.29, 0.717) is 16.7 Å². The molecule has 0 saturated carbocycles. The molecule has 12 heteroatoms. The van der Waals surface area contributed by atoms with Crippen LogP contribution in [-0.2, 0) is 22.0 Å². The number of sulfonamides is 1. The number of ether oxygens (including phenoxy) is 2. The Hall–Kier alpha value is -3.09. The largest absolute Gasteiger partial charge is 1.00 e. The third-order valence-corrected chi connectivity index (χ3v) is 7.06. The van der Waals surface area contributed by atoms with Crippen molar-refractivity contribution in [1.29, 1.82) is 0 Å². The van der Waals surface area contributed by atoms with E-state index in [2.05, 4.69) is 45.4 Å². The van der Waals surface area contributed by atoms with Crippen molar-refractivity contribution in [2.45, 2.75) is 44.6 Å². The molecule has 4 rings (SSSR count). The van der Waals surface area contributed by atoms with Crippen molar-refractivity contribution in [2.24, 2.45) is 0 Å². The summed E-state index contributed by atoms with van der Waals surface area (Å²) in [5.41, 5.74) is 3.49. The van der Waals surface area contributed by atoms with Crippen LogP contribution in [0.3, 0.4) is 0 Å². The molecule has 2 aromatic carbocycles. The van der Waals surface area contributed by atoms with E-state index in [1.165, 1.54) is 18.7 Å². The SMILES string of the molecule is Cc1ccc(-c2c([N-]S(=O)(=O)c3ccc(C(C)(C)C)cc3)ncnc2OCCOc2ncc(CO)cn2)cc1.[Na+]. The molecule has 0 saturated heterocycles. The van der Waals surface area contributed by atoms with Gasteiger partial charge in [-0.2, -0.15) is 0 Å². The maximum atomic E-state index is 13.3. The first kappa shape index (κ1) is 31.4. The van der Waals surface area contributed by atoms with Gasteiger partial charge in [0.15, 0.2) is 0 Å². The summed E-state index contributed by atoms with van der Waals surface area (Å²) in [5, 5.41) is 9.10. The normalized spacial score (nSPS) is 11.4. The molecule has 0 radical (unpaired) electrons. The summed E-state index contributed by atoms with van der Waals surface area (Å²) in [6, 6.07) is 14.3. The minimum Gasteiger partial charge on any atom is -0.474 e. The number of aliphatic hydroxyl groups is 1. The van der Waals surface area contributed by atoms with Crippen molar-refractivity contribution < 1.29 is 52.6 Å². The van der Waals surface area contributed by atoms with Gasteiger partial charge in [-0.05, 0) is 41.4 Å². The van der Waals surface area contributed by atoms with Crippen LogP contribution < -0.4 is 39.0 Å². The van der Waals surface area contributed by atoms with Gasteiger partial charge in [-0.25, -0.2) is 23.4 Å². The van der Waals surface area contributed by atoms with Gasteiger partial charge in [0.05, 0.1) is 11.5 Å². The summed E-state index contributed by atoms with van der Waals surface area (Å²) in [7, 11) is -4.08. The molecule has 0 bridgehead atoms. The number of rotatable bonds is 10. The topological polar surface area (TPSA) is 138 Å². The number of aromatic nitrogens is 4. The zero-order valence-corrected chi connectivity index (χ0v) is 26.0. The molecule has 0 aliphatic heterocycles. The van der Waals surface area contributed by atoms with E-state index >= 15 is 0 Å². The first-order valence-corrected chi connectivity index (χ1v) is 13.7. The molecule has 0 atom stereocenters. The van der Waals surface area contributed by atoms with Crippen LogP contribution >= 0.6 is 0 Å². The smallest absolute Gasteiger partial charge is 0.474 e. The zero-order valence-electron chi connectivity index (χ0n) is 23.2. The van der Waals surface area contributed by atoms with E-state index in [1.54, 1.807) is 24.3 Å². The zero-order chi connectivity index (χ0) is 28.0. The molecule has 204 valence electrons. The van der Waals surface area contributed by atoms with Gasteiger partial charge < -0.3 is 24.3 Å². The van der Waals surface area contributed by atoms with Gasteiger partial charge in [-0.3, -0.25) is 0 Å². The minimum atomic E-state index is -4.08. The molecule has 2 heterocycles. The first-order valence-electron chi connectivity index (χ1n) is 12.2. The Kier molecular flexibility index (Phi) is 10.6. The number of aliphatic hydroxyl groups excluding tert-OH is 1. The van der Waals surface area contributed by atoms with Gasteiger partial charge in [0.2, 0.25) is 15.9 Å². The van der Waals surface area contributed by atoms with Crippen LogP contribution in [-0.4, -0.2) is 46.7 Å². The summed E-state index contributed by atoms with van der Waals surface area (Å²) in [6.45, 7) is 8.13. The van der Waals surface area contributed by atoms with Crippen molar-refractivity contribution in [1.82, 2.24) is 19.9 Å². The second kappa shape index (κ2) is 13.5. The molecule has 0 amide bonds. The van der Waals surface area contributed by atoms with E-state index in [0.717, 1.165) is 11.1 Å². The summed E-state index contributed by atoms with van der Waals surface area (Å²) in [6.07, 6.45) is 4.14. The van der Waals surface area contributed by atoms with Gasteiger partial charge in [-0.1, -0.05) is 62.7 Å². The van der Waals surface area contributed by atoms with Gasteiger partial charge in [0, 0.05) is 29.8 Å². The summed E-state index contributed by atoms with van der Waals surface area (Å²) in [4.78, 5) is 16.5. The fraction of sp³-hybridized carbons (Fsp3) is 0.286. The van der Waals surface area contributed by atoms with Crippen LogP contribution in [0.5, 0.6) is 11.9 Å². The Morgan fingerprint density at radius 2 is 1.50 bits per heavy atom. The average Bonchev–Trinajstić information content (AvgIpc) is 2.91. The van der Waals surface area contributed by atoms with Crippen molar-refractivity contribution in [2.75, 3.05) is 13.2 Å². The minimum absolute atomic E-state index is 0. The Labute approximate surface area is 256 Å². The number of nitrogens with zero attached hydrogens (tertiary/aromatic N) is 5. The van der Waals surface area contributed by atoms with Crippen molar-refractivity contribution in [3.05, 3.63) is 88.7 Å². The van der Waals surface area contributed by atoms with E-state index in [4.69, 9.17) is 14.6 Å². The van der Waals surface area contributed by atoms with E-state index in [-0.39, 0.29) is 77.4 Å². The van der Waals surface area contributed by atoms with Gasteiger partial charge in [0.25, 0.3) is 0 Å². The van der Waals surface area contributed by atoms with Gasteiger partial charge in [0.1, 0.15) is 13.2 Å². The Bertz CT molecular complexity index is 1510. The Morgan fingerprint density at radius 3 is 2.10 bits per heavy atom. The monoisotopic (exact) mass is 571 g/mol. The fourth-order valence-corrected chi connectivity index (χ4v) is 4.53. The third kappa shape index (κ3) is 7.98. The molecule has 0 aliphatic carbocycles. The predicted octanol–water partition coefficient (Wildman–Crippen LogP) is 1.89. The van der Waals surface area contributed by atoms with Gasteiger partial charge in [-0.15, -0.1) is 0 Å². The average molecular weight is 572 g/mol. The molecular weight excluding hydrogens is 541 g/mol. The van der Waals surface area contributed by atoms with Crippen LogP contribution in [0.15, 0.2) is 72.1 Å². The van der Waals surface area contributed by atoms with Crippen molar-refractivity contribution in [3.8, 4) is 23.0 Å². The van der Waals surface area contributed by atoms with Crippen molar-refractivity contribution >= 4 is 15.8 Å². The number of hydrogen-bond acceptors (Lipinski definition) is 9. The molecule has 1 N–H and O–H groups in total. The number of aryl methyl sites for hydroxylation is 1. The molecule has 2 aromatic heterocycles. The first-order chi connectivity index (χ1) is 18.6. The quantitative estimate of drug-likeness (QED) is 0.223. The Morgan fingerprint density at radius 1 is 0.875 bits per heavy atom. The third-order valence-electron chi connectivity index (χ3n) is 5.78. The molecule has 0 spiro atoms. The van der Waals surface area contributed by atoms with Crippen LogP contribution in [0, 0.1) is 6.92 Å². The van der Waals surface area contributed by atoms with Crippen LogP contribution in [0.2, 0.25) is 0 Å². The molecule has 0 fully saturated rings. The Balaban J connectivity index is 0.00000441. The summed E-state index contributed by atoms with van der Waals surface area (Å²) in [5.74, 6) is 0.124. The number of hydrogen-bond donors (Lipinski definition) is 1. The maximum Gasteiger partial charge on any atom is 1.00 e. The molecular formula is C28H30N5NaO5S. The maximum absolute atomic E-state index is 13.3. The second-order valence-electron chi connectivity index (χ2n) is 9.81. The van der Waals surface area contributed by atoms with E-state index in [9.17, 15) is 8.42 Å². The summed E-state index contributed by atoms with van der Waals surface area (Å²) >= 11 is 0. The van der Waals surface area contributed by atoms with Crippen molar-refractivity contribution in [3.63, 3.8) is 0 Å². The van der Waals surface area contributed by atoms with E-state index in [1.807, 2.05) is 31.2 Å². The van der Waals surface area contributed by atoms with Crippen LogP contribution in [0.25, 0.3) is 15.8 Å². The fourth-order valence-electron chi connectivity index (χ4n) is 3.58. The van der Waals surface area contributed by atoms with Gasteiger partial charge >= 0.3 is 35.6 Å². The molecule has 0 aliphatic rings. The molecule has 4 aromatic rings. The molecule has 40 heavy (non-hydrogen) atoms. The van der Waals surface area contributed by atoms with E-state index < -0.39 is 10.0 Å². The standard InChI is InChI=1S/C28H30N5O5S.Na/c1-19-5-7-21(8-6-19)24-25(33-39(35,36)23-11-9-22(10-12-23)28(2,3)4)31-18-32-26(24)37-13-14-38-27-29-15-20(17-34)16-30-27;/h5-12,15-16,18,34H,13-14,17H2,1-4H3;/q-1;+1.